The van der Waals surface area contributed by atoms with Crippen LogP contribution in [0.3, 0.4) is 0 Å². The SMILES string of the molecule is COC(=O)N[C@@H](C(=O)N1CCC[C@H]1c1ncc(-c2ccc(-c3ccc(-c4cnc([C@@H]5CCCN5C(=O)[C@H](NC(=O)OC)c5ccccc5)[nH]4)cc3OC(=O)O)cc2)[nH]1)c1ccccc1. The maximum atomic E-state index is 14.0. The van der Waals surface area contributed by atoms with Crippen LogP contribution >= 0.6 is 0 Å². The molecule has 0 saturated carbocycles. The second kappa shape index (κ2) is 19.0. The highest BCUT2D eigenvalue weighted by Crippen LogP contribution is 2.39. The number of likely N-dealkylation sites (tertiary alicyclic amines) is 2. The molecular weight excluding hydrogens is 821 g/mol. The average Bonchev–Trinajstić information content (AvgIpc) is 4.17. The lowest BCUT2D eigenvalue weighted by atomic mass is 10.00. The number of H-pyrrole nitrogens is 2. The highest BCUT2D eigenvalue weighted by atomic mass is 16.7. The molecule has 0 bridgehead atoms. The number of carbonyl (C=O) groups is 5. The molecule has 4 atom stereocenters. The van der Waals surface area contributed by atoms with Crippen molar-refractivity contribution in [3.8, 4) is 39.4 Å². The van der Waals surface area contributed by atoms with Crippen molar-refractivity contribution in [1.82, 2.24) is 40.4 Å². The molecule has 8 rings (SSSR count). The van der Waals surface area contributed by atoms with Gasteiger partial charge in [0.2, 0.25) is 0 Å². The van der Waals surface area contributed by atoms with E-state index in [2.05, 4.69) is 30.6 Å². The van der Waals surface area contributed by atoms with Gasteiger partial charge in [-0.1, -0.05) is 91.0 Å². The van der Waals surface area contributed by atoms with Gasteiger partial charge in [0.1, 0.15) is 29.5 Å². The van der Waals surface area contributed by atoms with E-state index in [0.717, 1.165) is 24.1 Å². The zero-order chi connectivity index (χ0) is 44.7. The number of aromatic amines is 2. The predicted octanol–water partition coefficient (Wildman–Crippen LogP) is 7.71. The number of alkyl carbamates (subject to hydrolysis) is 2. The molecule has 0 aliphatic carbocycles. The van der Waals surface area contributed by atoms with Crippen molar-refractivity contribution >= 4 is 30.2 Å². The van der Waals surface area contributed by atoms with Crippen LogP contribution in [0.2, 0.25) is 0 Å². The number of hydrogen-bond donors (Lipinski definition) is 5. The molecule has 2 saturated heterocycles. The maximum absolute atomic E-state index is 14.0. The quantitative estimate of drug-likeness (QED) is 0.0592. The summed E-state index contributed by atoms with van der Waals surface area (Å²) in [5, 5.41) is 15.1. The number of imidazole rings is 2. The summed E-state index contributed by atoms with van der Waals surface area (Å²) in [5.41, 5.74) is 5.22. The number of rotatable bonds is 12. The number of hydrogen-bond acceptors (Lipinski definition) is 10. The lowest BCUT2D eigenvalue weighted by Crippen LogP contribution is -2.42. The van der Waals surface area contributed by atoms with E-state index in [1.165, 1.54) is 14.2 Å². The van der Waals surface area contributed by atoms with Crippen molar-refractivity contribution in [2.24, 2.45) is 0 Å². The van der Waals surface area contributed by atoms with Crippen LogP contribution in [0, 0.1) is 0 Å². The standard InChI is InChI=1S/C47H46N8O9/c1-62-45(58)52-39(30-11-5-3-6-12-30)43(56)54-23-9-15-36(54)41-48-26-34(50-41)29-19-17-28(18-20-29)33-22-21-32(25-38(33)64-47(60)61)35-27-49-42(51-35)37-16-10-24-55(37)44(57)40(53-46(59)63-2)31-13-7-4-8-14-31/h3-8,11-14,17-22,25-27,36-37,39-40H,9-10,15-16,23-24H2,1-2H3,(H,48,50)(H,49,51)(H,52,58)(H,53,59)(H,60,61)/t36-,37-,39+,40+/m0/s1. The second-order valence-electron chi connectivity index (χ2n) is 15.4. The Morgan fingerprint density at radius 1 is 0.641 bits per heavy atom. The lowest BCUT2D eigenvalue weighted by Gasteiger charge is -2.28. The average molecular weight is 867 g/mol. The van der Waals surface area contributed by atoms with Crippen molar-refractivity contribution in [1.29, 1.82) is 0 Å². The molecule has 17 nitrogen and oxygen atoms in total. The monoisotopic (exact) mass is 866 g/mol. The van der Waals surface area contributed by atoms with Crippen molar-refractivity contribution in [3.63, 3.8) is 0 Å². The van der Waals surface area contributed by atoms with E-state index in [0.29, 0.717) is 71.1 Å². The molecule has 0 spiro atoms. The minimum Gasteiger partial charge on any atom is -0.453 e. The van der Waals surface area contributed by atoms with Crippen LogP contribution in [0.25, 0.3) is 33.6 Å². The first-order valence-corrected chi connectivity index (χ1v) is 20.8. The molecule has 2 aliphatic heterocycles. The molecule has 5 N–H and O–H groups in total. The largest absolute Gasteiger partial charge is 0.511 e. The van der Waals surface area contributed by atoms with Crippen molar-refractivity contribution in [2.75, 3.05) is 27.3 Å². The van der Waals surface area contributed by atoms with Gasteiger partial charge >= 0.3 is 18.3 Å². The fourth-order valence-electron chi connectivity index (χ4n) is 8.42. The first-order valence-electron chi connectivity index (χ1n) is 20.8. The van der Waals surface area contributed by atoms with Crippen molar-refractivity contribution < 1.29 is 43.3 Å². The predicted molar refractivity (Wildman–Crippen MR) is 233 cm³/mol. The van der Waals surface area contributed by atoms with Gasteiger partial charge in [0.15, 0.2) is 0 Å². The number of benzene rings is 4. The normalized spacial score (nSPS) is 16.7. The van der Waals surface area contributed by atoms with Gasteiger partial charge in [-0.25, -0.2) is 24.4 Å². The molecule has 64 heavy (non-hydrogen) atoms. The van der Waals surface area contributed by atoms with Crippen LogP contribution in [0.5, 0.6) is 5.75 Å². The summed E-state index contributed by atoms with van der Waals surface area (Å²) in [4.78, 5) is 83.8. The summed E-state index contributed by atoms with van der Waals surface area (Å²) in [7, 11) is 2.50. The van der Waals surface area contributed by atoms with Gasteiger partial charge in [-0.05, 0) is 60.1 Å². The molecule has 2 aromatic heterocycles. The maximum Gasteiger partial charge on any atom is 0.511 e. The molecular formula is C47H46N8O9. The topological polar surface area (TPSA) is 221 Å². The smallest absolute Gasteiger partial charge is 0.453 e. The summed E-state index contributed by atoms with van der Waals surface area (Å²) >= 11 is 0. The third-order valence-electron chi connectivity index (χ3n) is 11.5. The van der Waals surface area contributed by atoms with Crippen LogP contribution in [-0.2, 0) is 19.1 Å². The first kappa shape index (κ1) is 42.7. The molecule has 4 heterocycles. The number of amides is 4. The van der Waals surface area contributed by atoms with Gasteiger partial charge in [0.05, 0.1) is 50.1 Å². The van der Waals surface area contributed by atoms with Gasteiger partial charge in [-0.3, -0.25) is 9.59 Å². The summed E-state index contributed by atoms with van der Waals surface area (Å²) in [5.74, 6) is 0.705. The molecule has 0 unspecified atom stereocenters. The highest BCUT2D eigenvalue weighted by Gasteiger charge is 2.38. The third-order valence-corrected chi connectivity index (χ3v) is 11.5. The van der Waals surface area contributed by atoms with Gasteiger partial charge in [-0.2, -0.15) is 0 Å². The molecule has 6 aromatic rings. The van der Waals surface area contributed by atoms with Gasteiger partial charge in [-0.15, -0.1) is 0 Å². The Bertz CT molecular complexity index is 2630. The van der Waals surface area contributed by atoms with E-state index in [-0.39, 0.29) is 23.6 Å². The molecule has 4 aromatic carbocycles. The summed E-state index contributed by atoms with van der Waals surface area (Å²) in [6, 6.07) is 28.0. The van der Waals surface area contributed by atoms with E-state index in [9.17, 15) is 29.1 Å². The van der Waals surface area contributed by atoms with Crippen LogP contribution in [0.15, 0.2) is 116 Å². The Morgan fingerprint density at radius 2 is 1.09 bits per heavy atom. The van der Waals surface area contributed by atoms with E-state index >= 15 is 0 Å². The van der Waals surface area contributed by atoms with E-state index in [1.807, 2.05) is 42.5 Å². The zero-order valence-corrected chi connectivity index (χ0v) is 35.0. The number of methoxy groups -OCH3 is 2. The molecule has 328 valence electrons. The van der Waals surface area contributed by atoms with Gasteiger partial charge in [0.25, 0.3) is 11.8 Å². The summed E-state index contributed by atoms with van der Waals surface area (Å²) in [6.45, 7) is 0.958. The summed E-state index contributed by atoms with van der Waals surface area (Å²) in [6.07, 6.45) is 3.24. The minimum atomic E-state index is -1.48. The fraction of sp³-hybridized carbons (Fsp3) is 0.255. The number of carboxylic acid groups (broad SMARTS) is 1. The van der Waals surface area contributed by atoms with Crippen LogP contribution in [0.4, 0.5) is 14.4 Å². The Balaban J connectivity index is 0.988. The van der Waals surface area contributed by atoms with Crippen LogP contribution < -0.4 is 15.4 Å². The number of carbonyl (C=O) groups excluding carboxylic acids is 4. The second-order valence-corrected chi connectivity index (χ2v) is 15.4. The number of ether oxygens (including phenoxy) is 3. The third kappa shape index (κ3) is 9.13. The van der Waals surface area contributed by atoms with E-state index in [4.69, 9.17) is 14.2 Å². The summed E-state index contributed by atoms with van der Waals surface area (Å²) < 4.78 is 14.9. The van der Waals surface area contributed by atoms with Crippen LogP contribution in [0.1, 0.15) is 72.6 Å². The first-order chi connectivity index (χ1) is 31.1. The van der Waals surface area contributed by atoms with Gasteiger partial charge < -0.3 is 49.7 Å². The molecule has 17 heteroatoms. The van der Waals surface area contributed by atoms with Crippen molar-refractivity contribution in [2.45, 2.75) is 49.9 Å². The minimum absolute atomic E-state index is 0.108. The number of aromatic nitrogens is 4. The molecule has 2 fully saturated rings. The Morgan fingerprint density at radius 3 is 1.56 bits per heavy atom. The highest BCUT2D eigenvalue weighted by molar-refractivity contribution is 5.88. The molecule has 2 aliphatic rings. The Hall–Kier alpha value is -7.95. The van der Waals surface area contributed by atoms with Gasteiger partial charge in [0, 0.05) is 24.2 Å². The Labute approximate surface area is 367 Å². The van der Waals surface area contributed by atoms with E-state index < -0.39 is 36.5 Å². The zero-order valence-electron chi connectivity index (χ0n) is 35.0. The molecule has 4 amide bonds. The lowest BCUT2D eigenvalue weighted by molar-refractivity contribution is -0.135. The molecule has 0 radical (unpaired) electrons. The van der Waals surface area contributed by atoms with E-state index in [1.54, 1.807) is 82.9 Å². The number of nitrogens with one attached hydrogen (secondary N) is 4. The number of nitrogens with zero attached hydrogens (tertiary/aromatic N) is 4. The van der Waals surface area contributed by atoms with Crippen LogP contribution in [-0.4, -0.2) is 92.3 Å². The van der Waals surface area contributed by atoms with Crippen molar-refractivity contribution in [3.05, 3.63) is 138 Å². The fourth-order valence-corrected chi connectivity index (χ4v) is 8.42. The Kier molecular flexibility index (Phi) is 12.7.